The standard InChI is InChI=1S/C23H28F2N4O2/c1-3-4-20(28-22(30)11-15-9-17(24)12-18(25)10-15)23(31)29-21-8-5-16(13-26-21)14(2)27-19-6-7-19/h5,8-10,12-14,19-20,27H,3-4,6-7,11H2,1-2H3,(H,28,30)(H,26,29,31). The monoisotopic (exact) mass is 430 g/mol. The number of halogens is 2. The van der Waals surface area contributed by atoms with E-state index < -0.39 is 23.6 Å². The molecule has 8 heteroatoms. The van der Waals surface area contributed by atoms with Gasteiger partial charge in [-0.2, -0.15) is 0 Å². The Balaban J connectivity index is 1.57. The van der Waals surface area contributed by atoms with Crippen molar-refractivity contribution in [2.45, 2.75) is 64.1 Å². The number of hydrogen-bond acceptors (Lipinski definition) is 4. The highest BCUT2D eigenvalue weighted by Gasteiger charge is 2.24. The second-order valence-electron chi connectivity index (χ2n) is 7.99. The number of nitrogens with one attached hydrogen (secondary N) is 3. The molecule has 0 radical (unpaired) electrons. The molecular weight excluding hydrogens is 402 g/mol. The first kappa shape index (κ1) is 22.8. The van der Waals surface area contributed by atoms with Gasteiger partial charge in [0.15, 0.2) is 0 Å². The van der Waals surface area contributed by atoms with E-state index in [2.05, 4.69) is 27.9 Å². The molecule has 1 saturated carbocycles. The summed E-state index contributed by atoms with van der Waals surface area (Å²) in [6.45, 7) is 3.97. The van der Waals surface area contributed by atoms with Crippen LogP contribution in [0.5, 0.6) is 0 Å². The number of aromatic nitrogens is 1. The van der Waals surface area contributed by atoms with E-state index in [0.29, 0.717) is 24.7 Å². The highest BCUT2D eigenvalue weighted by molar-refractivity contribution is 5.96. The van der Waals surface area contributed by atoms with Crippen LogP contribution in [0.4, 0.5) is 14.6 Å². The fourth-order valence-corrected chi connectivity index (χ4v) is 3.35. The van der Waals surface area contributed by atoms with Crippen LogP contribution >= 0.6 is 0 Å². The minimum absolute atomic E-state index is 0.185. The van der Waals surface area contributed by atoms with Gasteiger partial charge in [-0.25, -0.2) is 13.8 Å². The van der Waals surface area contributed by atoms with Gasteiger partial charge in [0.05, 0.1) is 6.42 Å². The van der Waals surface area contributed by atoms with Crippen LogP contribution in [-0.4, -0.2) is 28.9 Å². The molecule has 1 heterocycles. The van der Waals surface area contributed by atoms with Crippen molar-refractivity contribution in [3.63, 3.8) is 0 Å². The Bertz CT molecular complexity index is 896. The highest BCUT2D eigenvalue weighted by Crippen LogP contribution is 2.24. The van der Waals surface area contributed by atoms with Gasteiger partial charge in [0.1, 0.15) is 23.5 Å². The van der Waals surface area contributed by atoms with Gasteiger partial charge in [0.2, 0.25) is 11.8 Å². The molecule has 1 aliphatic carbocycles. The third kappa shape index (κ3) is 7.10. The molecule has 0 bridgehead atoms. The summed E-state index contributed by atoms with van der Waals surface area (Å²) in [6, 6.07) is 6.58. The van der Waals surface area contributed by atoms with Crippen molar-refractivity contribution in [1.29, 1.82) is 0 Å². The van der Waals surface area contributed by atoms with Crippen LogP contribution < -0.4 is 16.0 Å². The first-order valence-electron chi connectivity index (χ1n) is 10.6. The molecule has 1 fully saturated rings. The fraction of sp³-hybridized carbons (Fsp3) is 0.435. The van der Waals surface area contributed by atoms with Gasteiger partial charge in [0, 0.05) is 24.3 Å². The maximum absolute atomic E-state index is 13.3. The molecule has 31 heavy (non-hydrogen) atoms. The first-order valence-corrected chi connectivity index (χ1v) is 10.6. The molecular formula is C23H28F2N4O2. The summed E-state index contributed by atoms with van der Waals surface area (Å²) >= 11 is 0. The molecule has 2 amide bonds. The zero-order valence-electron chi connectivity index (χ0n) is 17.8. The molecule has 0 aliphatic heterocycles. The summed E-state index contributed by atoms with van der Waals surface area (Å²) in [5.41, 5.74) is 1.24. The number of carbonyl (C=O) groups is 2. The largest absolute Gasteiger partial charge is 0.344 e. The Hall–Kier alpha value is -2.87. The molecule has 1 aromatic heterocycles. The molecule has 2 atom stereocenters. The van der Waals surface area contributed by atoms with Crippen LogP contribution in [0, 0.1) is 11.6 Å². The van der Waals surface area contributed by atoms with E-state index in [0.717, 1.165) is 23.8 Å². The molecule has 166 valence electrons. The second-order valence-corrected chi connectivity index (χ2v) is 7.99. The maximum atomic E-state index is 13.3. The van der Waals surface area contributed by atoms with Gasteiger partial charge in [0.25, 0.3) is 0 Å². The van der Waals surface area contributed by atoms with E-state index in [1.165, 1.54) is 12.8 Å². The number of amides is 2. The molecule has 1 aliphatic rings. The number of carbonyl (C=O) groups excluding carboxylic acids is 2. The van der Waals surface area contributed by atoms with Crippen molar-refractivity contribution in [1.82, 2.24) is 15.6 Å². The molecule has 1 aromatic carbocycles. The van der Waals surface area contributed by atoms with Crippen LogP contribution in [0.3, 0.4) is 0 Å². The topological polar surface area (TPSA) is 83.1 Å². The third-order valence-electron chi connectivity index (χ3n) is 5.12. The quantitative estimate of drug-likeness (QED) is 0.538. The molecule has 2 unspecified atom stereocenters. The molecule has 0 saturated heterocycles. The Morgan fingerprint density at radius 3 is 2.45 bits per heavy atom. The molecule has 0 spiro atoms. The molecule has 6 nitrogen and oxygen atoms in total. The van der Waals surface area contributed by atoms with Gasteiger partial charge < -0.3 is 16.0 Å². The van der Waals surface area contributed by atoms with E-state index >= 15 is 0 Å². The van der Waals surface area contributed by atoms with Crippen molar-refractivity contribution >= 4 is 17.6 Å². The number of hydrogen-bond donors (Lipinski definition) is 3. The van der Waals surface area contributed by atoms with Crippen molar-refractivity contribution in [3.05, 3.63) is 59.3 Å². The van der Waals surface area contributed by atoms with Gasteiger partial charge >= 0.3 is 0 Å². The van der Waals surface area contributed by atoms with Gasteiger partial charge in [-0.3, -0.25) is 9.59 Å². The first-order chi connectivity index (χ1) is 14.8. The minimum atomic E-state index is -0.771. The Kier molecular flexibility index (Phi) is 7.68. The van der Waals surface area contributed by atoms with Crippen LogP contribution in [0.2, 0.25) is 0 Å². The summed E-state index contributed by atoms with van der Waals surface area (Å²) in [5, 5.41) is 8.87. The normalized spacial score (nSPS) is 15.2. The third-order valence-corrected chi connectivity index (χ3v) is 5.12. The Morgan fingerprint density at radius 2 is 1.87 bits per heavy atom. The summed E-state index contributed by atoms with van der Waals surface area (Å²) in [6.07, 6.45) is 5.00. The average molecular weight is 430 g/mol. The zero-order chi connectivity index (χ0) is 22.4. The van der Waals surface area contributed by atoms with E-state index in [4.69, 9.17) is 0 Å². The number of nitrogens with zero attached hydrogens (tertiary/aromatic N) is 1. The average Bonchev–Trinajstić information content (AvgIpc) is 3.51. The van der Waals surface area contributed by atoms with Crippen molar-refractivity contribution in [2.75, 3.05) is 5.32 Å². The molecule has 3 rings (SSSR count). The maximum Gasteiger partial charge on any atom is 0.248 e. The van der Waals surface area contributed by atoms with Crippen LogP contribution in [0.25, 0.3) is 0 Å². The number of benzene rings is 1. The smallest absolute Gasteiger partial charge is 0.248 e. The number of pyridine rings is 1. The van der Waals surface area contributed by atoms with E-state index in [1.54, 1.807) is 12.3 Å². The number of rotatable bonds is 10. The molecule has 3 N–H and O–H groups in total. The second kappa shape index (κ2) is 10.4. The van der Waals surface area contributed by atoms with Gasteiger partial charge in [-0.05, 0) is 55.5 Å². The lowest BCUT2D eigenvalue weighted by molar-refractivity contribution is -0.126. The van der Waals surface area contributed by atoms with E-state index in [-0.39, 0.29) is 23.9 Å². The van der Waals surface area contributed by atoms with Crippen LogP contribution in [0.15, 0.2) is 36.5 Å². The Morgan fingerprint density at radius 1 is 1.16 bits per heavy atom. The SMILES string of the molecule is CCCC(NC(=O)Cc1cc(F)cc(F)c1)C(=O)Nc1ccc(C(C)NC2CC2)cn1. The summed E-state index contributed by atoms with van der Waals surface area (Å²) in [7, 11) is 0. The van der Waals surface area contributed by atoms with Crippen molar-refractivity contribution < 1.29 is 18.4 Å². The minimum Gasteiger partial charge on any atom is -0.344 e. The lowest BCUT2D eigenvalue weighted by Gasteiger charge is -2.18. The lowest BCUT2D eigenvalue weighted by atomic mass is 10.1. The lowest BCUT2D eigenvalue weighted by Crippen LogP contribution is -2.44. The Labute approximate surface area is 180 Å². The van der Waals surface area contributed by atoms with Crippen molar-refractivity contribution in [2.24, 2.45) is 0 Å². The summed E-state index contributed by atoms with van der Waals surface area (Å²) in [5.74, 6) is -1.97. The van der Waals surface area contributed by atoms with E-state index in [1.807, 2.05) is 13.0 Å². The predicted octanol–water partition coefficient (Wildman–Crippen LogP) is 3.64. The van der Waals surface area contributed by atoms with Crippen LogP contribution in [-0.2, 0) is 16.0 Å². The molecule has 2 aromatic rings. The van der Waals surface area contributed by atoms with Crippen LogP contribution in [0.1, 0.15) is 56.7 Å². The van der Waals surface area contributed by atoms with Gasteiger partial charge in [-0.15, -0.1) is 0 Å². The zero-order valence-corrected chi connectivity index (χ0v) is 17.8. The highest BCUT2D eigenvalue weighted by atomic mass is 19.1. The summed E-state index contributed by atoms with van der Waals surface area (Å²) in [4.78, 5) is 29.3. The summed E-state index contributed by atoms with van der Waals surface area (Å²) < 4.78 is 26.7. The van der Waals surface area contributed by atoms with Crippen molar-refractivity contribution in [3.8, 4) is 0 Å². The van der Waals surface area contributed by atoms with E-state index in [9.17, 15) is 18.4 Å². The number of anilines is 1. The fourth-order valence-electron chi connectivity index (χ4n) is 3.35. The predicted molar refractivity (Wildman–Crippen MR) is 114 cm³/mol. The van der Waals surface area contributed by atoms with Gasteiger partial charge in [-0.1, -0.05) is 19.4 Å².